The van der Waals surface area contributed by atoms with Gasteiger partial charge in [0.05, 0.1) is 5.69 Å². The number of nitrogens with zero attached hydrogens (tertiary/aromatic N) is 1. The summed E-state index contributed by atoms with van der Waals surface area (Å²) in [5.41, 5.74) is 15.6. The monoisotopic (exact) mass is 837 g/mol. The number of benzene rings is 10. The molecule has 0 fully saturated rings. The molecule has 0 amide bonds. The summed E-state index contributed by atoms with van der Waals surface area (Å²) in [5.74, 6) is 0. The van der Waals surface area contributed by atoms with Gasteiger partial charge in [-0.05, 0) is 98.1 Å². The zero-order valence-electron chi connectivity index (χ0n) is 34.3. The number of hydrogen-bond donors (Lipinski definition) is 0. The standard InChI is InChI=1S/C60H39NS2/c1-5-15-40(16-6-1)45-27-32-52-53-34-31-48(39-58(53)62-56(52)37-45)61(47-29-25-44(26-30-47)50-24-14-13-23-49(50)42-19-9-3-10-20-42)55-36-35-51(43-21-11-4-12-22-43)60-59(55)54-33-28-46(38-57(54)63-60)41-17-7-2-8-18-41/h1-39H. The van der Waals surface area contributed by atoms with Crippen LogP contribution in [0.5, 0.6) is 0 Å². The maximum absolute atomic E-state index is 2.49. The van der Waals surface area contributed by atoms with Crippen molar-refractivity contribution in [3.8, 4) is 55.6 Å². The average Bonchev–Trinajstić information content (AvgIpc) is 3.93. The molecule has 2 aromatic heterocycles. The Kier molecular flexibility index (Phi) is 9.29. The first-order valence-corrected chi connectivity index (χ1v) is 23.0. The molecule has 0 unspecified atom stereocenters. The number of thiophene rings is 2. The van der Waals surface area contributed by atoms with Crippen LogP contribution in [0.15, 0.2) is 237 Å². The Hall–Kier alpha value is -7.56. The van der Waals surface area contributed by atoms with E-state index < -0.39 is 0 Å². The predicted octanol–water partition coefficient (Wildman–Crippen LogP) is 18.2. The minimum absolute atomic E-state index is 1.11. The predicted molar refractivity (Wildman–Crippen MR) is 274 cm³/mol. The first kappa shape index (κ1) is 37.2. The summed E-state index contributed by atoms with van der Waals surface area (Å²) in [7, 11) is 0. The molecule has 0 aliphatic heterocycles. The van der Waals surface area contributed by atoms with Crippen LogP contribution in [0.1, 0.15) is 0 Å². The van der Waals surface area contributed by atoms with Gasteiger partial charge in [-0.15, -0.1) is 22.7 Å². The van der Waals surface area contributed by atoms with E-state index in [-0.39, 0.29) is 0 Å². The van der Waals surface area contributed by atoms with Crippen LogP contribution < -0.4 is 4.90 Å². The molecule has 0 atom stereocenters. The fourth-order valence-corrected chi connectivity index (χ4v) is 11.7. The average molecular weight is 838 g/mol. The van der Waals surface area contributed by atoms with E-state index in [1.165, 1.54) is 96.0 Å². The Morgan fingerprint density at radius 2 is 0.698 bits per heavy atom. The minimum Gasteiger partial charge on any atom is -0.310 e. The fourth-order valence-electron chi connectivity index (χ4n) is 9.24. The van der Waals surface area contributed by atoms with Gasteiger partial charge in [0.15, 0.2) is 0 Å². The molecule has 1 nitrogen and oxygen atoms in total. The molecule has 2 heterocycles. The van der Waals surface area contributed by atoms with Crippen LogP contribution in [0.2, 0.25) is 0 Å². The van der Waals surface area contributed by atoms with Gasteiger partial charge in [0, 0.05) is 51.7 Å². The molecule has 10 aromatic carbocycles. The highest BCUT2D eigenvalue weighted by Crippen LogP contribution is 2.50. The van der Waals surface area contributed by atoms with Crippen molar-refractivity contribution in [1.29, 1.82) is 0 Å². The molecule has 0 aliphatic carbocycles. The summed E-state index contributed by atoms with van der Waals surface area (Å²) in [6.07, 6.45) is 0. The molecule has 0 radical (unpaired) electrons. The van der Waals surface area contributed by atoms with Gasteiger partial charge in [0.1, 0.15) is 0 Å². The summed E-state index contributed by atoms with van der Waals surface area (Å²) in [6, 6.07) is 86.5. The lowest BCUT2D eigenvalue weighted by atomic mass is 9.94. The third-order valence-electron chi connectivity index (χ3n) is 12.3. The quantitative estimate of drug-likeness (QED) is 0.147. The third kappa shape index (κ3) is 6.70. The van der Waals surface area contributed by atoms with E-state index in [1.54, 1.807) is 0 Å². The van der Waals surface area contributed by atoms with Crippen molar-refractivity contribution < 1.29 is 0 Å². The van der Waals surface area contributed by atoms with Crippen molar-refractivity contribution >= 4 is 80.1 Å². The lowest BCUT2D eigenvalue weighted by Crippen LogP contribution is -2.10. The molecule has 63 heavy (non-hydrogen) atoms. The van der Waals surface area contributed by atoms with Crippen LogP contribution in [0.25, 0.3) is 96.0 Å². The van der Waals surface area contributed by atoms with Gasteiger partial charge in [-0.25, -0.2) is 0 Å². The molecule has 296 valence electrons. The van der Waals surface area contributed by atoms with Crippen LogP contribution in [0.4, 0.5) is 17.1 Å². The highest BCUT2D eigenvalue weighted by atomic mass is 32.1. The van der Waals surface area contributed by atoms with Crippen molar-refractivity contribution in [2.75, 3.05) is 4.90 Å². The Labute approximate surface area is 375 Å². The van der Waals surface area contributed by atoms with E-state index in [0.29, 0.717) is 0 Å². The van der Waals surface area contributed by atoms with Gasteiger partial charge in [-0.3, -0.25) is 0 Å². The highest BCUT2D eigenvalue weighted by Gasteiger charge is 2.23. The van der Waals surface area contributed by atoms with Gasteiger partial charge in [-0.1, -0.05) is 194 Å². The van der Waals surface area contributed by atoms with Gasteiger partial charge in [0.25, 0.3) is 0 Å². The van der Waals surface area contributed by atoms with E-state index in [2.05, 4.69) is 241 Å². The maximum Gasteiger partial charge on any atom is 0.0555 e. The van der Waals surface area contributed by atoms with Crippen molar-refractivity contribution in [2.45, 2.75) is 0 Å². The zero-order valence-corrected chi connectivity index (χ0v) is 35.9. The molecule has 0 spiro atoms. The Morgan fingerprint density at radius 1 is 0.270 bits per heavy atom. The highest BCUT2D eigenvalue weighted by molar-refractivity contribution is 7.26. The molecular formula is C60H39NS2. The summed E-state index contributed by atoms with van der Waals surface area (Å²) < 4.78 is 5.13. The Bertz CT molecular complexity index is 3590. The van der Waals surface area contributed by atoms with Crippen molar-refractivity contribution in [3.05, 3.63) is 237 Å². The smallest absolute Gasteiger partial charge is 0.0555 e. The van der Waals surface area contributed by atoms with Crippen molar-refractivity contribution in [3.63, 3.8) is 0 Å². The first-order chi connectivity index (χ1) is 31.2. The number of rotatable bonds is 8. The van der Waals surface area contributed by atoms with Crippen LogP contribution >= 0.6 is 22.7 Å². The molecule has 0 saturated carbocycles. The zero-order chi connectivity index (χ0) is 41.7. The van der Waals surface area contributed by atoms with Crippen LogP contribution in [0, 0.1) is 0 Å². The van der Waals surface area contributed by atoms with E-state index >= 15 is 0 Å². The lowest BCUT2D eigenvalue weighted by Gasteiger charge is -2.27. The van der Waals surface area contributed by atoms with Crippen LogP contribution in [-0.2, 0) is 0 Å². The summed E-state index contributed by atoms with van der Waals surface area (Å²) in [6.45, 7) is 0. The largest absolute Gasteiger partial charge is 0.310 e. The van der Waals surface area contributed by atoms with Crippen molar-refractivity contribution in [1.82, 2.24) is 0 Å². The second-order valence-corrected chi connectivity index (χ2v) is 18.2. The summed E-state index contributed by atoms with van der Waals surface area (Å²) in [5, 5.41) is 5.10. The minimum atomic E-state index is 1.11. The summed E-state index contributed by atoms with van der Waals surface area (Å²) in [4.78, 5) is 2.49. The molecule has 3 heteroatoms. The van der Waals surface area contributed by atoms with E-state index in [0.717, 1.165) is 17.1 Å². The third-order valence-corrected chi connectivity index (χ3v) is 14.6. The maximum atomic E-state index is 2.49. The van der Waals surface area contributed by atoms with Gasteiger partial charge >= 0.3 is 0 Å². The van der Waals surface area contributed by atoms with Crippen molar-refractivity contribution in [2.24, 2.45) is 0 Å². The van der Waals surface area contributed by atoms with Crippen LogP contribution in [0.3, 0.4) is 0 Å². The van der Waals surface area contributed by atoms with Gasteiger partial charge in [0.2, 0.25) is 0 Å². The van der Waals surface area contributed by atoms with Gasteiger partial charge in [-0.2, -0.15) is 0 Å². The van der Waals surface area contributed by atoms with E-state index in [1.807, 2.05) is 22.7 Å². The molecule has 0 N–H and O–H groups in total. The second kappa shape index (κ2) is 15.7. The van der Waals surface area contributed by atoms with Crippen LogP contribution in [-0.4, -0.2) is 0 Å². The normalized spacial score (nSPS) is 11.5. The van der Waals surface area contributed by atoms with E-state index in [9.17, 15) is 0 Å². The van der Waals surface area contributed by atoms with Gasteiger partial charge < -0.3 is 4.90 Å². The molecule has 0 saturated heterocycles. The Balaban J connectivity index is 1.07. The SMILES string of the molecule is c1ccc(-c2ccc3c(c2)sc2cc(N(c4ccc(-c5ccccc5-c5ccccc5)cc4)c4ccc(-c5ccccc5)c5sc6cc(-c7ccccc7)ccc6c45)ccc23)cc1. The Morgan fingerprint density at radius 3 is 1.29 bits per heavy atom. The lowest BCUT2D eigenvalue weighted by molar-refractivity contribution is 1.31. The first-order valence-electron chi connectivity index (χ1n) is 21.4. The number of anilines is 3. The molecule has 0 bridgehead atoms. The number of fused-ring (bicyclic) bond motifs is 6. The molecule has 12 rings (SSSR count). The molecule has 0 aliphatic rings. The fraction of sp³-hybridized carbons (Fsp3) is 0. The molecule has 12 aromatic rings. The topological polar surface area (TPSA) is 3.24 Å². The molecular weight excluding hydrogens is 799 g/mol. The summed E-state index contributed by atoms with van der Waals surface area (Å²) >= 11 is 3.77. The number of hydrogen-bond acceptors (Lipinski definition) is 3. The van der Waals surface area contributed by atoms with E-state index in [4.69, 9.17) is 0 Å². The second-order valence-electron chi connectivity index (χ2n) is 16.0.